The van der Waals surface area contributed by atoms with Crippen molar-refractivity contribution in [1.29, 1.82) is 0 Å². The molecule has 0 radical (unpaired) electrons. The van der Waals surface area contributed by atoms with Gasteiger partial charge in [0.05, 0.1) is 17.2 Å². The molecule has 0 heterocycles. The Labute approximate surface area is 141 Å². The molecule has 2 aromatic rings. The van der Waals surface area contributed by atoms with Crippen LogP contribution in [0.3, 0.4) is 0 Å². The van der Waals surface area contributed by atoms with Crippen molar-refractivity contribution in [1.82, 2.24) is 0 Å². The molecule has 0 aromatic heterocycles. The second kappa shape index (κ2) is 7.88. The average molecular weight is 334 g/mol. The maximum Gasteiger partial charge on any atom is 0.335 e. The number of nitrogens with one attached hydrogen (secondary N) is 1. The molecule has 122 valence electrons. The van der Waals surface area contributed by atoms with Gasteiger partial charge in [0.25, 0.3) is 0 Å². The monoisotopic (exact) mass is 333 g/mol. The van der Waals surface area contributed by atoms with E-state index in [-0.39, 0.29) is 5.56 Å². The standard InChI is InChI=1S/C18H20ClNO3/c1-3-8-23-17-7-4-13(10-15(17)19)11-20-16-6-5-14(18(21)22)9-12(16)2/h4-7,9-10,20H,3,8,11H2,1-2H3,(H,21,22). The number of ether oxygens (including phenoxy) is 1. The molecule has 23 heavy (non-hydrogen) atoms. The molecule has 0 aliphatic rings. The third-order valence-corrected chi connectivity index (χ3v) is 3.71. The van der Waals surface area contributed by atoms with Crippen LogP contribution in [-0.2, 0) is 6.54 Å². The highest BCUT2D eigenvalue weighted by Gasteiger charge is 2.07. The van der Waals surface area contributed by atoms with Crippen LogP contribution in [-0.4, -0.2) is 17.7 Å². The Morgan fingerprint density at radius 3 is 2.65 bits per heavy atom. The molecule has 5 heteroatoms. The molecule has 0 atom stereocenters. The number of aryl methyl sites for hydroxylation is 1. The van der Waals surface area contributed by atoms with Crippen LogP contribution in [0.2, 0.25) is 5.02 Å². The summed E-state index contributed by atoms with van der Waals surface area (Å²) in [7, 11) is 0. The zero-order chi connectivity index (χ0) is 16.8. The normalized spacial score (nSPS) is 10.4. The number of benzene rings is 2. The lowest BCUT2D eigenvalue weighted by atomic mass is 10.1. The smallest absolute Gasteiger partial charge is 0.335 e. The van der Waals surface area contributed by atoms with Crippen LogP contribution < -0.4 is 10.1 Å². The van der Waals surface area contributed by atoms with Crippen LogP contribution in [0.4, 0.5) is 5.69 Å². The summed E-state index contributed by atoms with van der Waals surface area (Å²) in [5.74, 6) is -0.228. The first-order valence-electron chi connectivity index (χ1n) is 7.50. The number of aromatic carboxylic acids is 1. The van der Waals surface area contributed by atoms with Crippen molar-refractivity contribution in [3.05, 3.63) is 58.1 Å². The molecule has 2 aromatic carbocycles. The molecule has 0 saturated carbocycles. The highest BCUT2D eigenvalue weighted by Crippen LogP contribution is 2.26. The van der Waals surface area contributed by atoms with E-state index in [9.17, 15) is 4.79 Å². The van der Waals surface area contributed by atoms with Crippen molar-refractivity contribution in [3.63, 3.8) is 0 Å². The van der Waals surface area contributed by atoms with Gasteiger partial charge < -0.3 is 15.2 Å². The van der Waals surface area contributed by atoms with Crippen molar-refractivity contribution in [2.45, 2.75) is 26.8 Å². The molecule has 0 saturated heterocycles. The summed E-state index contributed by atoms with van der Waals surface area (Å²) in [6.45, 7) is 5.17. The third kappa shape index (κ3) is 4.63. The van der Waals surface area contributed by atoms with Crippen LogP contribution in [0.25, 0.3) is 0 Å². The lowest BCUT2D eigenvalue weighted by Crippen LogP contribution is -2.03. The van der Waals surface area contributed by atoms with E-state index in [2.05, 4.69) is 5.32 Å². The van der Waals surface area contributed by atoms with E-state index in [1.54, 1.807) is 18.2 Å². The molecule has 2 N–H and O–H groups in total. The number of carboxylic acids is 1. The fourth-order valence-corrected chi connectivity index (χ4v) is 2.43. The van der Waals surface area contributed by atoms with Gasteiger partial charge in [0, 0.05) is 12.2 Å². The Morgan fingerprint density at radius 2 is 2.04 bits per heavy atom. The molecular formula is C18H20ClNO3. The summed E-state index contributed by atoms with van der Waals surface area (Å²) in [6.07, 6.45) is 0.936. The number of halogens is 1. The highest BCUT2D eigenvalue weighted by molar-refractivity contribution is 6.32. The maximum absolute atomic E-state index is 10.9. The van der Waals surface area contributed by atoms with E-state index >= 15 is 0 Å². The summed E-state index contributed by atoms with van der Waals surface area (Å²) in [5, 5.41) is 12.9. The molecule has 0 aliphatic heterocycles. The molecule has 0 bridgehead atoms. The van der Waals surface area contributed by atoms with Crippen LogP contribution in [0.15, 0.2) is 36.4 Å². The number of hydrogen-bond acceptors (Lipinski definition) is 3. The van der Waals surface area contributed by atoms with Crippen molar-refractivity contribution in [2.75, 3.05) is 11.9 Å². The highest BCUT2D eigenvalue weighted by atomic mass is 35.5. The van der Waals surface area contributed by atoms with E-state index in [0.717, 1.165) is 23.2 Å². The van der Waals surface area contributed by atoms with Crippen molar-refractivity contribution < 1.29 is 14.6 Å². The Hall–Kier alpha value is -2.20. The summed E-state index contributed by atoms with van der Waals surface area (Å²) in [5.41, 5.74) is 3.10. The van der Waals surface area contributed by atoms with Gasteiger partial charge in [-0.2, -0.15) is 0 Å². The average Bonchev–Trinajstić information content (AvgIpc) is 2.52. The predicted octanol–water partition coefficient (Wildman–Crippen LogP) is 4.75. The van der Waals surface area contributed by atoms with Gasteiger partial charge in [-0.15, -0.1) is 0 Å². The zero-order valence-electron chi connectivity index (χ0n) is 13.2. The Bertz CT molecular complexity index is 701. The van der Waals surface area contributed by atoms with Gasteiger partial charge in [0.15, 0.2) is 0 Å². The molecule has 0 amide bonds. The summed E-state index contributed by atoms with van der Waals surface area (Å²) >= 11 is 6.22. The van der Waals surface area contributed by atoms with Crippen molar-refractivity contribution >= 4 is 23.3 Å². The van der Waals surface area contributed by atoms with Crippen LogP contribution in [0, 0.1) is 6.92 Å². The topological polar surface area (TPSA) is 58.6 Å². The maximum atomic E-state index is 10.9. The zero-order valence-corrected chi connectivity index (χ0v) is 14.0. The van der Waals surface area contributed by atoms with Crippen LogP contribution in [0.5, 0.6) is 5.75 Å². The molecule has 4 nitrogen and oxygen atoms in total. The van der Waals surface area contributed by atoms with E-state index in [4.69, 9.17) is 21.4 Å². The van der Waals surface area contributed by atoms with E-state index in [1.165, 1.54) is 0 Å². The SMILES string of the molecule is CCCOc1ccc(CNc2ccc(C(=O)O)cc2C)cc1Cl. The van der Waals surface area contributed by atoms with Gasteiger partial charge in [0.1, 0.15) is 5.75 Å². The van der Waals surface area contributed by atoms with Crippen LogP contribution >= 0.6 is 11.6 Å². The van der Waals surface area contributed by atoms with Crippen LogP contribution in [0.1, 0.15) is 34.8 Å². The summed E-state index contributed by atoms with van der Waals surface area (Å²) in [6, 6.07) is 10.7. The van der Waals surface area contributed by atoms with E-state index in [0.29, 0.717) is 23.9 Å². The molecule has 0 spiro atoms. The van der Waals surface area contributed by atoms with Gasteiger partial charge in [-0.3, -0.25) is 0 Å². The molecule has 0 fully saturated rings. The first-order chi connectivity index (χ1) is 11.0. The van der Waals surface area contributed by atoms with Crippen molar-refractivity contribution in [3.8, 4) is 5.75 Å². The molecule has 0 aliphatic carbocycles. The second-order valence-corrected chi connectivity index (χ2v) is 5.71. The van der Waals surface area contributed by atoms with E-state index in [1.807, 2.05) is 32.0 Å². The Morgan fingerprint density at radius 1 is 1.26 bits per heavy atom. The number of rotatable bonds is 7. The number of anilines is 1. The minimum atomic E-state index is -0.922. The first-order valence-corrected chi connectivity index (χ1v) is 7.88. The van der Waals surface area contributed by atoms with Gasteiger partial charge in [-0.1, -0.05) is 24.6 Å². The largest absolute Gasteiger partial charge is 0.492 e. The van der Waals surface area contributed by atoms with Gasteiger partial charge in [-0.05, 0) is 54.8 Å². The van der Waals surface area contributed by atoms with Gasteiger partial charge in [-0.25, -0.2) is 4.79 Å². The predicted molar refractivity (Wildman–Crippen MR) is 92.7 cm³/mol. The fourth-order valence-electron chi connectivity index (χ4n) is 2.18. The molecule has 0 unspecified atom stereocenters. The molecular weight excluding hydrogens is 314 g/mol. The quantitative estimate of drug-likeness (QED) is 0.767. The Kier molecular flexibility index (Phi) is 5.88. The number of hydrogen-bond donors (Lipinski definition) is 2. The summed E-state index contributed by atoms with van der Waals surface area (Å²) < 4.78 is 5.55. The van der Waals surface area contributed by atoms with E-state index < -0.39 is 5.97 Å². The second-order valence-electron chi connectivity index (χ2n) is 5.30. The Balaban J connectivity index is 2.03. The first kappa shape index (κ1) is 17.2. The minimum Gasteiger partial charge on any atom is -0.492 e. The minimum absolute atomic E-state index is 0.286. The van der Waals surface area contributed by atoms with Crippen molar-refractivity contribution in [2.24, 2.45) is 0 Å². The lowest BCUT2D eigenvalue weighted by Gasteiger charge is -2.12. The third-order valence-electron chi connectivity index (χ3n) is 3.41. The van der Waals surface area contributed by atoms with Gasteiger partial charge >= 0.3 is 5.97 Å². The number of carboxylic acid groups (broad SMARTS) is 1. The lowest BCUT2D eigenvalue weighted by molar-refractivity contribution is 0.0697. The molecule has 2 rings (SSSR count). The number of carbonyl (C=O) groups is 1. The summed E-state index contributed by atoms with van der Waals surface area (Å²) in [4.78, 5) is 10.9. The van der Waals surface area contributed by atoms with Gasteiger partial charge in [0.2, 0.25) is 0 Å². The fraction of sp³-hybridized carbons (Fsp3) is 0.278.